The molecule has 0 radical (unpaired) electrons. The van der Waals surface area contributed by atoms with Gasteiger partial charge in [-0.15, -0.1) is 0 Å². The molecule has 4 rings (SSSR count). The average Bonchev–Trinajstić information content (AvgIpc) is 3.22. The number of benzene rings is 2. The molecule has 0 saturated carbocycles. The van der Waals surface area contributed by atoms with Gasteiger partial charge in [-0.1, -0.05) is 24.3 Å². The number of para-hydroxylation sites is 1. The summed E-state index contributed by atoms with van der Waals surface area (Å²) in [5.74, 6) is 0.00294. The van der Waals surface area contributed by atoms with Crippen molar-refractivity contribution < 1.29 is 14.3 Å². The fourth-order valence-corrected chi connectivity index (χ4v) is 3.75. The van der Waals surface area contributed by atoms with E-state index < -0.39 is 0 Å². The van der Waals surface area contributed by atoms with Crippen molar-refractivity contribution >= 4 is 23.2 Å². The van der Waals surface area contributed by atoms with Gasteiger partial charge in [-0.3, -0.25) is 14.4 Å². The summed E-state index contributed by atoms with van der Waals surface area (Å²) in [6, 6.07) is 16.0. The maximum Gasteiger partial charge on any atom is 0.278 e. The van der Waals surface area contributed by atoms with Crippen LogP contribution in [-0.4, -0.2) is 35.2 Å². The monoisotopic (exact) mass is 432 g/mol. The molecule has 8 heteroatoms. The van der Waals surface area contributed by atoms with E-state index in [4.69, 9.17) is 4.74 Å². The molecule has 8 nitrogen and oxygen atoms in total. The predicted octanol–water partition coefficient (Wildman–Crippen LogP) is 2.79. The number of nitrogens with one attached hydrogen (secondary N) is 1. The molecule has 3 aromatic rings. The summed E-state index contributed by atoms with van der Waals surface area (Å²) < 4.78 is 6.43. The van der Waals surface area contributed by atoms with E-state index in [0.29, 0.717) is 18.0 Å². The fourth-order valence-electron chi connectivity index (χ4n) is 3.75. The van der Waals surface area contributed by atoms with Crippen molar-refractivity contribution in [3.63, 3.8) is 0 Å². The number of nitrogens with zero attached hydrogens (tertiary/aromatic N) is 3. The summed E-state index contributed by atoms with van der Waals surface area (Å²) in [5, 5.41) is 7.03. The van der Waals surface area contributed by atoms with E-state index in [-0.39, 0.29) is 36.0 Å². The van der Waals surface area contributed by atoms with E-state index in [9.17, 15) is 14.4 Å². The first-order valence-corrected chi connectivity index (χ1v) is 10.4. The predicted molar refractivity (Wildman–Crippen MR) is 121 cm³/mol. The lowest BCUT2D eigenvalue weighted by Crippen LogP contribution is -2.33. The summed E-state index contributed by atoms with van der Waals surface area (Å²) in [5.41, 5.74) is 3.32. The molecule has 2 heterocycles. The number of hydrogen-bond donors (Lipinski definition) is 1. The van der Waals surface area contributed by atoms with Gasteiger partial charge in [-0.2, -0.15) is 5.10 Å². The molecule has 0 aliphatic carbocycles. The van der Waals surface area contributed by atoms with Gasteiger partial charge in [0, 0.05) is 24.7 Å². The third-order valence-electron chi connectivity index (χ3n) is 5.40. The molecule has 2 amide bonds. The Kier molecular flexibility index (Phi) is 6.02. The van der Waals surface area contributed by atoms with Gasteiger partial charge >= 0.3 is 0 Å². The summed E-state index contributed by atoms with van der Waals surface area (Å²) >= 11 is 0. The molecule has 0 unspecified atom stereocenters. The van der Waals surface area contributed by atoms with Crippen LogP contribution in [0.2, 0.25) is 0 Å². The van der Waals surface area contributed by atoms with Crippen LogP contribution in [0, 0.1) is 6.92 Å². The largest absolute Gasteiger partial charge is 0.495 e. The van der Waals surface area contributed by atoms with Gasteiger partial charge in [0.15, 0.2) is 0 Å². The normalized spacial score (nSPS) is 12.4. The van der Waals surface area contributed by atoms with Gasteiger partial charge < -0.3 is 15.0 Å². The SMILES string of the molecule is COc1ccc(C)cc1NC(=O)CCn1nc(C(=O)N2CCc3ccccc32)ccc1=O. The van der Waals surface area contributed by atoms with Crippen molar-refractivity contribution in [2.45, 2.75) is 26.3 Å². The van der Waals surface area contributed by atoms with Crippen LogP contribution in [0.5, 0.6) is 5.75 Å². The van der Waals surface area contributed by atoms with Gasteiger partial charge in [0.25, 0.3) is 11.5 Å². The minimum Gasteiger partial charge on any atom is -0.495 e. The zero-order valence-electron chi connectivity index (χ0n) is 18.0. The lowest BCUT2D eigenvalue weighted by Gasteiger charge is -2.17. The quantitative estimate of drug-likeness (QED) is 0.647. The molecule has 0 bridgehead atoms. The van der Waals surface area contributed by atoms with Gasteiger partial charge in [-0.05, 0) is 48.7 Å². The van der Waals surface area contributed by atoms with Crippen LogP contribution < -0.4 is 20.5 Å². The molecule has 0 saturated heterocycles. The number of fused-ring (bicyclic) bond motifs is 1. The first-order valence-electron chi connectivity index (χ1n) is 10.4. The van der Waals surface area contributed by atoms with Crippen molar-refractivity contribution in [2.24, 2.45) is 0 Å². The van der Waals surface area contributed by atoms with E-state index in [0.717, 1.165) is 27.9 Å². The average molecular weight is 432 g/mol. The van der Waals surface area contributed by atoms with Gasteiger partial charge in [-0.25, -0.2) is 4.68 Å². The zero-order chi connectivity index (χ0) is 22.7. The molecule has 2 aromatic carbocycles. The van der Waals surface area contributed by atoms with Crippen molar-refractivity contribution in [1.82, 2.24) is 9.78 Å². The fraction of sp³-hybridized carbons (Fsp3) is 0.250. The van der Waals surface area contributed by atoms with Gasteiger partial charge in [0.05, 0.1) is 19.3 Å². The van der Waals surface area contributed by atoms with Crippen LogP contribution in [0.1, 0.15) is 28.0 Å². The lowest BCUT2D eigenvalue weighted by atomic mass is 10.2. The number of amides is 2. The van der Waals surface area contributed by atoms with E-state index >= 15 is 0 Å². The Labute approximate surface area is 185 Å². The van der Waals surface area contributed by atoms with Crippen LogP contribution >= 0.6 is 0 Å². The van der Waals surface area contributed by atoms with Crippen LogP contribution in [-0.2, 0) is 17.8 Å². The standard InChI is InChI=1S/C24H24N4O4/c1-16-7-9-21(32-2)19(15-16)25-22(29)12-14-28-23(30)10-8-18(26-28)24(31)27-13-11-17-5-3-4-6-20(17)27/h3-10,15H,11-14H2,1-2H3,(H,25,29). The summed E-state index contributed by atoms with van der Waals surface area (Å²) in [4.78, 5) is 39.4. The second kappa shape index (κ2) is 9.05. The third kappa shape index (κ3) is 4.39. The lowest BCUT2D eigenvalue weighted by molar-refractivity contribution is -0.116. The molecule has 0 fully saturated rings. The van der Waals surface area contributed by atoms with Crippen LogP contribution in [0.25, 0.3) is 0 Å². The van der Waals surface area contributed by atoms with E-state index in [1.165, 1.54) is 19.2 Å². The number of ether oxygens (including phenoxy) is 1. The first kappa shape index (κ1) is 21.3. The molecule has 1 aromatic heterocycles. The number of hydrogen-bond acceptors (Lipinski definition) is 5. The molecule has 32 heavy (non-hydrogen) atoms. The van der Waals surface area contributed by atoms with Crippen molar-refractivity contribution in [3.8, 4) is 5.75 Å². The Morgan fingerprint density at radius 2 is 1.94 bits per heavy atom. The maximum absolute atomic E-state index is 13.0. The molecular formula is C24H24N4O4. The Hall–Kier alpha value is -3.94. The second-order valence-corrected chi connectivity index (χ2v) is 7.62. The van der Waals surface area contributed by atoms with E-state index in [1.807, 2.05) is 43.3 Å². The Bertz CT molecular complexity index is 1230. The highest BCUT2D eigenvalue weighted by atomic mass is 16.5. The topological polar surface area (TPSA) is 93.5 Å². The molecule has 164 valence electrons. The number of aromatic nitrogens is 2. The zero-order valence-corrected chi connectivity index (χ0v) is 18.0. The number of methoxy groups -OCH3 is 1. The van der Waals surface area contributed by atoms with Crippen molar-refractivity contribution in [3.05, 3.63) is 81.8 Å². The first-order chi connectivity index (χ1) is 15.5. The summed E-state index contributed by atoms with van der Waals surface area (Å²) in [7, 11) is 1.53. The maximum atomic E-state index is 13.0. The minimum absolute atomic E-state index is 0.0220. The second-order valence-electron chi connectivity index (χ2n) is 7.62. The molecular weight excluding hydrogens is 408 g/mol. The van der Waals surface area contributed by atoms with E-state index in [2.05, 4.69) is 10.4 Å². The third-order valence-corrected chi connectivity index (χ3v) is 5.40. The number of aryl methyl sites for hydroxylation is 2. The molecule has 1 N–H and O–H groups in total. The molecule has 0 spiro atoms. The summed E-state index contributed by atoms with van der Waals surface area (Å²) in [6.45, 7) is 2.54. The Morgan fingerprint density at radius 3 is 2.75 bits per heavy atom. The number of carbonyl (C=O) groups is 2. The highest BCUT2D eigenvalue weighted by molar-refractivity contribution is 6.05. The smallest absolute Gasteiger partial charge is 0.278 e. The number of rotatable bonds is 6. The van der Waals surface area contributed by atoms with E-state index in [1.54, 1.807) is 11.0 Å². The van der Waals surface area contributed by atoms with Crippen LogP contribution in [0.15, 0.2) is 59.4 Å². The van der Waals surface area contributed by atoms with Gasteiger partial charge in [0.1, 0.15) is 11.4 Å². The number of anilines is 2. The molecule has 1 aliphatic rings. The molecule has 0 atom stereocenters. The van der Waals surface area contributed by atoms with Gasteiger partial charge in [0.2, 0.25) is 5.91 Å². The Balaban J connectivity index is 1.46. The highest BCUT2D eigenvalue weighted by Gasteiger charge is 2.26. The van der Waals surface area contributed by atoms with Crippen molar-refractivity contribution in [2.75, 3.05) is 23.9 Å². The highest BCUT2D eigenvalue weighted by Crippen LogP contribution is 2.28. The van der Waals surface area contributed by atoms with Crippen molar-refractivity contribution in [1.29, 1.82) is 0 Å². The Morgan fingerprint density at radius 1 is 1.12 bits per heavy atom. The summed E-state index contributed by atoms with van der Waals surface area (Å²) in [6.07, 6.45) is 0.804. The molecule has 1 aliphatic heterocycles. The van der Waals surface area contributed by atoms with Crippen LogP contribution in [0.3, 0.4) is 0 Å². The van der Waals surface area contributed by atoms with Crippen LogP contribution in [0.4, 0.5) is 11.4 Å². The minimum atomic E-state index is -0.371. The number of carbonyl (C=O) groups excluding carboxylic acids is 2.